The van der Waals surface area contributed by atoms with E-state index in [0.717, 1.165) is 27.1 Å². The van der Waals surface area contributed by atoms with Gasteiger partial charge in [-0.25, -0.2) is 8.42 Å². The smallest absolute Gasteiger partial charge is 0.242 e. The molecule has 1 amide bonds. The maximum Gasteiger partial charge on any atom is 0.242 e. The minimum atomic E-state index is -3.99. The summed E-state index contributed by atoms with van der Waals surface area (Å²) >= 11 is 1.72. The standard InChI is InChI=1S/C40H40N2O6S2/c1-28-15-21-36(22-16-28)50(45,46)42-37(23-29-9-4-2-5-10-29)39(44)41-33-12-8-11-32(24-33)40-47-34(27-49-35-13-6-3-7-14-35)25-38(48-40)31-19-17-30(26-43)18-20-31/h2-22,24,34,37-38,40,42-43H,23,25-27H2,1H3,(H,41,44). The first kappa shape index (κ1) is 35.5. The van der Waals surface area contributed by atoms with Crippen LogP contribution < -0.4 is 10.0 Å². The molecule has 6 rings (SSSR count). The summed E-state index contributed by atoms with van der Waals surface area (Å²) in [5.74, 6) is 0.222. The van der Waals surface area contributed by atoms with Gasteiger partial charge in [-0.1, -0.05) is 103 Å². The Morgan fingerprint density at radius 2 is 1.52 bits per heavy atom. The van der Waals surface area contributed by atoms with E-state index in [1.54, 1.807) is 36.0 Å². The van der Waals surface area contributed by atoms with Crippen LogP contribution in [-0.4, -0.2) is 37.3 Å². The van der Waals surface area contributed by atoms with Gasteiger partial charge < -0.3 is 19.9 Å². The molecule has 1 aliphatic heterocycles. The molecule has 0 aromatic heterocycles. The number of aliphatic hydroxyl groups excluding tert-OH is 1. The first-order valence-electron chi connectivity index (χ1n) is 16.5. The van der Waals surface area contributed by atoms with Crippen molar-refractivity contribution in [3.05, 3.63) is 161 Å². The maximum atomic E-state index is 13.8. The van der Waals surface area contributed by atoms with Crippen LogP contribution in [0, 0.1) is 6.92 Å². The van der Waals surface area contributed by atoms with Crippen LogP contribution >= 0.6 is 11.8 Å². The zero-order chi connectivity index (χ0) is 34.9. The van der Waals surface area contributed by atoms with Gasteiger partial charge in [0.2, 0.25) is 15.9 Å². The maximum absolute atomic E-state index is 13.8. The van der Waals surface area contributed by atoms with E-state index < -0.39 is 28.3 Å². The molecule has 4 unspecified atom stereocenters. The zero-order valence-electron chi connectivity index (χ0n) is 27.6. The monoisotopic (exact) mass is 708 g/mol. The third kappa shape index (κ3) is 9.48. The number of carbonyl (C=O) groups excluding carboxylic acids is 1. The van der Waals surface area contributed by atoms with E-state index in [9.17, 15) is 18.3 Å². The second kappa shape index (κ2) is 16.6. The van der Waals surface area contributed by atoms with E-state index in [-0.39, 0.29) is 30.1 Å². The Kier molecular flexibility index (Phi) is 11.8. The molecular formula is C40H40N2O6S2. The lowest BCUT2D eigenvalue weighted by Gasteiger charge is -2.36. The van der Waals surface area contributed by atoms with Crippen molar-refractivity contribution in [3.8, 4) is 0 Å². The Hall–Kier alpha value is -4.29. The highest BCUT2D eigenvalue weighted by Crippen LogP contribution is 2.40. The Morgan fingerprint density at radius 1 is 0.820 bits per heavy atom. The van der Waals surface area contributed by atoms with Crippen LogP contribution in [0.5, 0.6) is 0 Å². The van der Waals surface area contributed by atoms with Gasteiger partial charge in [0.25, 0.3) is 0 Å². The number of hydrogen-bond acceptors (Lipinski definition) is 7. The summed E-state index contributed by atoms with van der Waals surface area (Å²) in [4.78, 5) is 15.0. The molecule has 4 atom stereocenters. The van der Waals surface area contributed by atoms with Crippen molar-refractivity contribution in [1.29, 1.82) is 0 Å². The Morgan fingerprint density at radius 3 is 2.22 bits per heavy atom. The first-order chi connectivity index (χ1) is 24.3. The molecule has 0 aliphatic carbocycles. The summed E-state index contributed by atoms with van der Waals surface area (Å²) in [6.07, 6.45) is -0.305. The minimum absolute atomic E-state index is 0.0357. The molecule has 0 saturated carbocycles. The van der Waals surface area contributed by atoms with Crippen LogP contribution in [0.4, 0.5) is 5.69 Å². The van der Waals surface area contributed by atoms with Gasteiger partial charge in [0, 0.05) is 28.3 Å². The molecule has 1 heterocycles. The molecule has 1 saturated heterocycles. The van der Waals surface area contributed by atoms with Gasteiger partial charge in [-0.3, -0.25) is 4.79 Å². The van der Waals surface area contributed by atoms with Gasteiger partial charge >= 0.3 is 0 Å². The molecule has 1 fully saturated rings. The highest BCUT2D eigenvalue weighted by atomic mass is 32.2. The van der Waals surface area contributed by atoms with Crippen LogP contribution in [-0.2, 0) is 37.3 Å². The van der Waals surface area contributed by atoms with Crippen molar-refractivity contribution < 1.29 is 27.8 Å². The van der Waals surface area contributed by atoms with Gasteiger partial charge in [0.1, 0.15) is 6.04 Å². The molecule has 5 aromatic rings. The lowest BCUT2D eigenvalue weighted by Crippen LogP contribution is -2.45. The van der Waals surface area contributed by atoms with E-state index in [4.69, 9.17) is 9.47 Å². The molecule has 10 heteroatoms. The van der Waals surface area contributed by atoms with E-state index >= 15 is 0 Å². The van der Waals surface area contributed by atoms with E-state index in [1.807, 2.05) is 91.9 Å². The molecule has 258 valence electrons. The van der Waals surface area contributed by atoms with Gasteiger partial charge in [0.05, 0.1) is 23.7 Å². The molecule has 0 bridgehead atoms. The fourth-order valence-electron chi connectivity index (χ4n) is 5.73. The number of ether oxygens (including phenoxy) is 2. The van der Waals surface area contributed by atoms with E-state index in [2.05, 4.69) is 22.2 Å². The number of nitrogens with one attached hydrogen (secondary N) is 2. The van der Waals surface area contributed by atoms with Crippen LogP contribution in [0.2, 0.25) is 0 Å². The molecule has 3 N–H and O–H groups in total. The average Bonchev–Trinajstić information content (AvgIpc) is 3.14. The van der Waals surface area contributed by atoms with Crippen LogP contribution in [0.3, 0.4) is 0 Å². The number of sulfonamides is 1. The SMILES string of the molecule is Cc1ccc(S(=O)(=O)NC(Cc2ccccc2)C(=O)Nc2cccc(C3OC(CSc4ccccc4)CC(c4ccc(CO)cc4)O3)c2)cc1. The summed E-state index contributed by atoms with van der Waals surface area (Å²) in [6, 6.07) is 39.9. The van der Waals surface area contributed by atoms with Crippen molar-refractivity contribution in [3.63, 3.8) is 0 Å². The second-order valence-corrected chi connectivity index (χ2v) is 15.1. The fraction of sp³-hybridized carbons (Fsp3) is 0.225. The number of aliphatic hydroxyl groups is 1. The van der Waals surface area contributed by atoms with Crippen molar-refractivity contribution in [2.75, 3.05) is 11.1 Å². The fourth-order valence-corrected chi connectivity index (χ4v) is 7.87. The summed E-state index contributed by atoms with van der Waals surface area (Å²) in [5, 5.41) is 12.5. The number of anilines is 1. The predicted octanol–water partition coefficient (Wildman–Crippen LogP) is 7.35. The quantitative estimate of drug-likeness (QED) is 0.110. The van der Waals surface area contributed by atoms with Gasteiger partial charge in [-0.05, 0) is 66.4 Å². The van der Waals surface area contributed by atoms with Crippen molar-refractivity contribution in [2.45, 2.75) is 60.7 Å². The molecule has 0 radical (unpaired) electrons. The molecule has 8 nitrogen and oxygen atoms in total. The number of carbonyl (C=O) groups is 1. The molecule has 1 aliphatic rings. The number of thioether (sulfide) groups is 1. The number of hydrogen-bond donors (Lipinski definition) is 3. The molecular weight excluding hydrogens is 669 g/mol. The Bertz CT molecular complexity index is 1960. The van der Waals surface area contributed by atoms with Crippen molar-refractivity contribution in [2.24, 2.45) is 0 Å². The molecule has 50 heavy (non-hydrogen) atoms. The zero-order valence-corrected chi connectivity index (χ0v) is 29.3. The number of amides is 1. The summed E-state index contributed by atoms with van der Waals surface area (Å²) in [7, 11) is -3.99. The van der Waals surface area contributed by atoms with Crippen LogP contribution in [0.15, 0.2) is 143 Å². The number of benzene rings is 5. The van der Waals surface area contributed by atoms with Crippen LogP contribution in [0.1, 0.15) is 46.6 Å². The molecule has 5 aromatic carbocycles. The minimum Gasteiger partial charge on any atom is -0.392 e. The highest BCUT2D eigenvalue weighted by molar-refractivity contribution is 7.99. The van der Waals surface area contributed by atoms with Gasteiger partial charge in [0.15, 0.2) is 6.29 Å². The third-order valence-electron chi connectivity index (χ3n) is 8.45. The van der Waals surface area contributed by atoms with E-state index in [1.165, 1.54) is 12.1 Å². The largest absolute Gasteiger partial charge is 0.392 e. The van der Waals surface area contributed by atoms with E-state index in [0.29, 0.717) is 23.4 Å². The first-order valence-corrected chi connectivity index (χ1v) is 18.9. The van der Waals surface area contributed by atoms with Crippen molar-refractivity contribution >= 4 is 33.4 Å². The Labute approximate surface area is 297 Å². The highest BCUT2D eigenvalue weighted by Gasteiger charge is 2.33. The summed E-state index contributed by atoms with van der Waals surface area (Å²) in [6.45, 7) is 1.85. The van der Waals surface area contributed by atoms with Gasteiger partial charge in [-0.15, -0.1) is 11.8 Å². The predicted molar refractivity (Wildman–Crippen MR) is 196 cm³/mol. The topological polar surface area (TPSA) is 114 Å². The number of rotatable bonds is 13. The van der Waals surface area contributed by atoms with Crippen LogP contribution in [0.25, 0.3) is 0 Å². The van der Waals surface area contributed by atoms with Crippen molar-refractivity contribution in [1.82, 2.24) is 4.72 Å². The lowest BCUT2D eigenvalue weighted by molar-refractivity contribution is -0.245. The molecule has 0 spiro atoms. The normalized spacial score (nSPS) is 18.3. The summed E-state index contributed by atoms with van der Waals surface area (Å²) in [5.41, 5.74) is 4.75. The third-order valence-corrected chi connectivity index (χ3v) is 11.1. The summed E-state index contributed by atoms with van der Waals surface area (Å²) < 4.78 is 42.4. The lowest BCUT2D eigenvalue weighted by atomic mass is 10.0. The second-order valence-electron chi connectivity index (χ2n) is 12.3. The van der Waals surface area contributed by atoms with Gasteiger partial charge in [-0.2, -0.15) is 4.72 Å². The number of aryl methyl sites for hydroxylation is 1. The Balaban J connectivity index is 1.22. The average molecular weight is 709 g/mol.